The van der Waals surface area contributed by atoms with Crippen LogP contribution in [0, 0.1) is 5.41 Å². The number of hydrogen-bond donors (Lipinski definition) is 2. The lowest BCUT2D eigenvalue weighted by atomic mass is 9.88. The highest BCUT2D eigenvalue weighted by molar-refractivity contribution is 5.78. The molecular weight excluding hydrogens is 226 g/mol. The molecule has 0 bridgehead atoms. The van der Waals surface area contributed by atoms with Crippen LogP contribution in [-0.2, 0) is 11.3 Å². The van der Waals surface area contributed by atoms with Crippen LogP contribution in [-0.4, -0.2) is 25.2 Å². The average Bonchev–Trinajstić information content (AvgIpc) is 2.68. The van der Waals surface area contributed by atoms with E-state index in [1.54, 1.807) is 0 Å². The maximum absolute atomic E-state index is 5.91. The maximum Gasteiger partial charge on any atom is 0.189 e. The molecule has 0 aliphatic carbocycles. The van der Waals surface area contributed by atoms with Gasteiger partial charge in [-0.05, 0) is 5.56 Å². The van der Waals surface area contributed by atoms with E-state index >= 15 is 0 Å². The summed E-state index contributed by atoms with van der Waals surface area (Å²) in [6.07, 6.45) is 0. The lowest BCUT2D eigenvalue weighted by molar-refractivity contribution is 0.166. The van der Waals surface area contributed by atoms with Crippen molar-refractivity contribution in [2.75, 3.05) is 13.2 Å². The molecule has 18 heavy (non-hydrogen) atoms. The number of nitrogens with zero attached hydrogens (tertiary/aromatic N) is 1. The maximum atomic E-state index is 5.91. The Hall–Kier alpha value is -1.55. The van der Waals surface area contributed by atoms with Crippen molar-refractivity contribution < 1.29 is 4.74 Å². The molecule has 0 saturated carbocycles. The lowest BCUT2D eigenvalue weighted by Gasteiger charge is -2.25. The molecule has 1 saturated heterocycles. The van der Waals surface area contributed by atoms with Gasteiger partial charge in [-0.3, -0.25) is 0 Å². The Kier molecular flexibility index (Phi) is 3.87. The SMILES string of the molecule is CC1(C)COCC1NC(N)=NCc1ccccc1. The van der Waals surface area contributed by atoms with Gasteiger partial charge in [-0.2, -0.15) is 0 Å². The number of rotatable bonds is 3. The van der Waals surface area contributed by atoms with Gasteiger partial charge in [0.25, 0.3) is 0 Å². The molecule has 1 atom stereocenters. The monoisotopic (exact) mass is 247 g/mol. The minimum atomic E-state index is 0.104. The Bertz CT molecular complexity index is 414. The van der Waals surface area contributed by atoms with E-state index in [4.69, 9.17) is 10.5 Å². The van der Waals surface area contributed by atoms with Crippen LogP contribution >= 0.6 is 0 Å². The molecule has 98 valence electrons. The fraction of sp³-hybridized carbons (Fsp3) is 0.500. The molecule has 1 aromatic carbocycles. The zero-order valence-electron chi connectivity index (χ0n) is 11.0. The van der Waals surface area contributed by atoms with Gasteiger partial charge >= 0.3 is 0 Å². The molecule has 0 spiro atoms. The summed E-state index contributed by atoms with van der Waals surface area (Å²) in [4.78, 5) is 4.35. The van der Waals surface area contributed by atoms with Gasteiger partial charge in [0.15, 0.2) is 5.96 Å². The van der Waals surface area contributed by atoms with E-state index in [1.807, 2.05) is 30.3 Å². The fourth-order valence-electron chi connectivity index (χ4n) is 1.99. The second kappa shape index (κ2) is 5.40. The van der Waals surface area contributed by atoms with Crippen LogP contribution in [0.5, 0.6) is 0 Å². The van der Waals surface area contributed by atoms with Crippen molar-refractivity contribution in [3.05, 3.63) is 35.9 Å². The molecule has 3 N–H and O–H groups in total. The zero-order chi connectivity index (χ0) is 13.0. The minimum absolute atomic E-state index is 0.104. The minimum Gasteiger partial charge on any atom is -0.379 e. The fourth-order valence-corrected chi connectivity index (χ4v) is 1.99. The molecule has 2 rings (SSSR count). The van der Waals surface area contributed by atoms with Crippen molar-refractivity contribution in [1.29, 1.82) is 0 Å². The Balaban J connectivity index is 1.90. The highest BCUT2D eigenvalue weighted by atomic mass is 16.5. The Morgan fingerprint density at radius 1 is 1.44 bits per heavy atom. The molecular formula is C14H21N3O. The van der Waals surface area contributed by atoms with Gasteiger partial charge in [0, 0.05) is 5.41 Å². The Labute approximate surface area is 108 Å². The summed E-state index contributed by atoms with van der Waals surface area (Å²) in [7, 11) is 0. The summed E-state index contributed by atoms with van der Waals surface area (Å²) in [5.41, 5.74) is 7.17. The molecule has 1 aliphatic heterocycles. The number of aliphatic imine (C=N–C) groups is 1. The molecule has 0 amide bonds. The predicted octanol–water partition coefficient (Wildman–Crippen LogP) is 1.52. The highest BCUT2D eigenvalue weighted by Crippen LogP contribution is 2.26. The zero-order valence-corrected chi connectivity index (χ0v) is 11.0. The topological polar surface area (TPSA) is 59.6 Å². The van der Waals surface area contributed by atoms with Crippen molar-refractivity contribution in [1.82, 2.24) is 5.32 Å². The van der Waals surface area contributed by atoms with Crippen molar-refractivity contribution in [3.63, 3.8) is 0 Å². The molecule has 1 heterocycles. The normalized spacial score (nSPS) is 23.0. The van der Waals surface area contributed by atoms with Gasteiger partial charge in [-0.25, -0.2) is 4.99 Å². The van der Waals surface area contributed by atoms with E-state index in [0.717, 1.165) is 12.2 Å². The van der Waals surface area contributed by atoms with Crippen molar-refractivity contribution in [2.24, 2.45) is 16.1 Å². The van der Waals surface area contributed by atoms with Gasteiger partial charge < -0.3 is 15.8 Å². The molecule has 4 heteroatoms. The molecule has 1 aliphatic rings. The molecule has 1 unspecified atom stereocenters. The first-order valence-corrected chi connectivity index (χ1v) is 6.26. The molecule has 4 nitrogen and oxygen atoms in total. The first kappa shape index (κ1) is 12.9. The summed E-state index contributed by atoms with van der Waals surface area (Å²) >= 11 is 0. The number of benzene rings is 1. The largest absolute Gasteiger partial charge is 0.379 e. The second-order valence-corrected chi connectivity index (χ2v) is 5.39. The van der Waals surface area contributed by atoms with Gasteiger partial charge in [-0.1, -0.05) is 44.2 Å². The van der Waals surface area contributed by atoms with Gasteiger partial charge in [0.1, 0.15) is 0 Å². The van der Waals surface area contributed by atoms with E-state index in [-0.39, 0.29) is 11.5 Å². The predicted molar refractivity (Wildman–Crippen MR) is 73.3 cm³/mol. The van der Waals surface area contributed by atoms with E-state index in [9.17, 15) is 0 Å². The third-order valence-electron chi connectivity index (χ3n) is 3.30. The van der Waals surface area contributed by atoms with Crippen molar-refractivity contribution in [3.8, 4) is 0 Å². The summed E-state index contributed by atoms with van der Waals surface area (Å²) in [5.74, 6) is 0.488. The number of hydrogen-bond acceptors (Lipinski definition) is 2. The quantitative estimate of drug-likeness (QED) is 0.629. The number of nitrogens with two attached hydrogens (primary N) is 1. The Morgan fingerprint density at radius 2 is 2.17 bits per heavy atom. The van der Waals surface area contributed by atoms with Crippen LogP contribution < -0.4 is 11.1 Å². The van der Waals surface area contributed by atoms with Gasteiger partial charge in [-0.15, -0.1) is 0 Å². The Morgan fingerprint density at radius 3 is 2.78 bits per heavy atom. The van der Waals surface area contributed by atoms with E-state index in [0.29, 0.717) is 19.1 Å². The van der Waals surface area contributed by atoms with Crippen LogP contribution in [0.2, 0.25) is 0 Å². The van der Waals surface area contributed by atoms with E-state index < -0.39 is 0 Å². The van der Waals surface area contributed by atoms with Gasteiger partial charge in [0.2, 0.25) is 0 Å². The van der Waals surface area contributed by atoms with Crippen molar-refractivity contribution in [2.45, 2.75) is 26.4 Å². The third kappa shape index (κ3) is 3.23. The van der Waals surface area contributed by atoms with Crippen molar-refractivity contribution >= 4 is 5.96 Å². The number of nitrogens with one attached hydrogen (secondary N) is 1. The highest BCUT2D eigenvalue weighted by Gasteiger charge is 2.35. The molecule has 1 fully saturated rings. The number of guanidine groups is 1. The smallest absolute Gasteiger partial charge is 0.189 e. The lowest BCUT2D eigenvalue weighted by Crippen LogP contribution is -2.47. The summed E-state index contributed by atoms with van der Waals surface area (Å²) < 4.78 is 5.46. The van der Waals surface area contributed by atoms with Crippen LogP contribution in [0.4, 0.5) is 0 Å². The first-order valence-electron chi connectivity index (χ1n) is 6.26. The standard InChI is InChI=1S/C14H21N3O/c1-14(2)10-18-9-12(14)17-13(15)16-8-11-6-4-3-5-7-11/h3-7,12H,8-10H2,1-2H3,(H3,15,16,17). The molecule has 0 aromatic heterocycles. The van der Waals surface area contributed by atoms with Gasteiger partial charge in [0.05, 0.1) is 25.8 Å². The summed E-state index contributed by atoms with van der Waals surface area (Å²) in [5, 5.41) is 3.24. The van der Waals surface area contributed by atoms with Crippen LogP contribution in [0.25, 0.3) is 0 Å². The third-order valence-corrected chi connectivity index (χ3v) is 3.30. The molecule has 0 radical (unpaired) electrons. The first-order chi connectivity index (χ1) is 8.58. The number of ether oxygens (including phenoxy) is 1. The van der Waals surface area contributed by atoms with Crippen LogP contribution in [0.15, 0.2) is 35.3 Å². The average molecular weight is 247 g/mol. The van der Waals surface area contributed by atoms with Crippen LogP contribution in [0.3, 0.4) is 0 Å². The summed E-state index contributed by atoms with van der Waals surface area (Å²) in [6.45, 7) is 6.39. The second-order valence-electron chi connectivity index (χ2n) is 5.39. The van der Waals surface area contributed by atoms with E-state index in [1.165, 1.54) is 0 Å². The molecule has 1 aromatic rings. The summed E-state index contributed by atoms with van der Waals surface area (Å²) in [6, 6.07) is 10.3. The van der Waals surface area contributed by atoms with Crippen LogP contribution in [0.1, 0.15) is 19.4 Å². The van der Waals surface area contributed by atoms with E-state index in [2.05, 4.69) is 24.2 Å².